The molecular weight excluding hydrogens is 326 g/mol. The molecule has 0 bridgehead atoms. The summed E-state index contributed by atoms with van der Waals surface area (Å²) in [6.07, 6.45) is -0.507. The van der Waals surface area contributed by atoms with Gasteiger partial charge in [0.25, 0.3) is 0 Å². The Morgan fingerprint density at radius 1 is 1.25 bits per heavy atom. The number of hydrogen-bond acceptors (Lipinski definition) is 6. The van der Waals surface area contributed by atoms with Crippen LogP contribution in [0, 0.1) is 0 Å². The first kappa shape index (κ1) is 17.2. The fourth-order valence-corrected chi connectivity index (χ4v) is 3.31. The molecule has 0 aliphatic carbocycles. The van der Waals surface area contributed by atoms with Gasteiger partial charge in [-0.1, -0.05) is 12.1 Å². The highest BCUT2D eigenvalue weighted by molar-refractivity contribution is 7.09. The van der Waals surface area contributed by atoms with Gasteiger partial charge < -0.3 is 19.3 Å². The quantitative estimate of drug-likeness (QED) is 0.794. The van der Waals surface area contributed by atoms with Crippen molar-refractivity contribution in [2.45, 2.75) is 19.3 Å². The number of likely N-dealkylation sites (N-methyl/N-ethyl adjacent to an activating group) is 1. The van der Waals surface area contributed by atoms with Crippen LogP contribution in [-0.4, -0.2) is 49.5 Å². The van der Waals surface area contributed by atoms with Gasteiger partial charge >= 0.3 is 0 Å². The Bertz CT molecular complexity index is 632. The van der Waals surface area contributed by atoms with Crippen molar-refractivity contribution in [2.75, 3.05) is 33.4 Å². The summed E-state index contributed by atoms with van der Waals surface area (Å²) >= 11 is 1.66. The number of aliphatic hydroxyl groups is 1. The molecule has 6 heteroatoms. The van der Waals surface area contributed by atoms with Gasteiger partial charge in [-0.2, -0.15) is 0 Å². The molecular formula is C18H23NO4S. The molecule has 1 aromatic carbocycles. The minimum atomic E-state index is -0.507. The summed E-state index contributed by atoms with van der Waals surface area (Å²) in [5, 5.41) is 12.1. The molecule has 3 rings (SSSR count). The zero-order valence-corrected chi connectivity index (χ0v) is 14.6. The summed E-state index contributed by atoms with van der Waals surface area (Å²) in [6.45, 7) is 3.37. The number of ether oxygens (including phenoxy) is 3. The lowest BCUT2D eigenvalue weighted by Gasteiger charge is -2.22. The number of thiophene rings is 1. The van der Waals surface area contributed by atoms with Crippen LogP contribution < -0.4 is 9.47 Å². The third kappa shape index (κ3) is 4.95. The minimum Gasteiger partial charge on any atom is -0.486 e. The maximum Gasteiger partial charge on any atom is 0.161 e. The first-order valence-corrected chi connectivity index (χ1v) is 8.94. The van der Waals surface area contributed by atoms with Crippen LogP contribution in [-0.2, 0) is 17.9 Å². The third-order valence-electron chi connectivity index (χ3n) is 3.72. The normalized spacial score (nSPS) is 14.8. The molecule has 0 saturated heterocycles. The molecule has 0 amide bonds. The van der Waals surface area contributed by atoms with Gasteiger partial charge in [0, 0.05) is 18.0 Å². The summed E-state index contributed by atoms with van der Waals surface area (Å²) in [4.78, 5) is 3.25. The second kappa shape index (κ2) is 8.48. The second-order valence-electron chi connectivity index (χ2n) is 5.92. The summed E-state index contributed by atoms with van der Waals surface area (Å²) in [5.74, 6) is 1.60. The summed E-state index contributed by atoms with van der Waals surface area (Å²) < 4.78 is 16.7. The fraction of sp³-hybridized carbons (Fsp3) is 0.444. The molecule has 1 unspecified atom stereocenters. The molecule has 24 heavy (non-hydrogen) atoms. The van der Waals surface area contributed by atoms with Crippen molar-refractivity contribution in [3.63, 3.8) is 0 Å². The molecule has 1 atom stereocenters. The number of benzene rings is 1. The van der Waals surface area contributed by atoms with Crippen molar-refractivity contribution in [3.8, 4) is 11.5 Å². The Morgan fingerprint density at radius 2 is 2.08 bits per heavy atom. The Hall–Kier alpha value is -1.60. The van der Waals surface area contributed by atoms with Gasteiger partial charge in [0.2, 0.25) is 0 Å². The van der Waals surface area contributed by atoms with Crippen LogP contribution in [0.3, 0.4) is 0 Å². The maximum atomic E-state index is 10.1. The molecule has 130 valence electrons. The van der Waals surface area contributed by atoms with Crippen molar-refractivity contribution < 1.29 is 19.3 Å². The largest absolute Gasteiger partial charge is 0.486 e. The van der Waals surface area contributed by atoms with Crippen LogP contribution in [0.4, 0.5) is 0 Å². The van der Waals surface area contributed by atoms with Gasteiger partial charge in [0.1, 0.15) is 13.2 Å². The van der Waals surface area contributed by atoms with Gasteiger partial charge in [-0.3, -0.25) is 4.90 Å². The predicted molar refractivity (Wildman–Crippen MR) is 93.7 cm³/mol. The van der Waals surface area contributed by atoms with Crippen LogP contribution >= 0.6 is 11.3 Å². The Labute approximate surface area is 146 Å². The van der Waals surface area contributed by atoms with E-state index in [1.807, 2.05) is 42.8 Å². The number of rotatable bonds is 8. The lowest BCUT2D eigenvalue weighted by molar-refractivity contribution is 0.0135. The van der Waals surface area contributed by atoms with E-state index >= 15 is 0 Å². The number of hydrogen-bond donors (Lipinski definition) is 1. The molecule has 2 heterocycles. The highest BCUT2D eigenvalue weighted by Crippen LogP contribution is 2.31. The maximum absolute atomic E-state index is 10.1. The Morgan fingerprint density at radius 3 is 2.88 bits per heavy atom. The molecule has 0 spiro atoms. The SMILES string of the molecule is CN(Cc1ccc2c(c1)OCCO2)CC(O)COCc1cccs1. The van der Waals surface area contributed by atoms with E-state index in [0.717, 1.165) is 23.6 Å². The molecule has 1 aliphatic heterocycles. The topological polar surface area (TPSA) is 51.2 Å². The number of aliphatic hydroxyl groups excluding tert-OH is 1. The van der Waals surface area contributed by atoms with Gasteiger partial charge in [-0.15, -0.1) is 11.3 Å². The number of fused-ring (bicyclic) bond motifs is 1. The molecule has 0 fully saturated rings. The lowest BCUT2D eigenvalue weighted by atomic mass is 10.2. The second-order valence-corrected chi connectivity index (χ2v) is 6.96. The Balaban J connectivity index is 1.42. The van der Waals surface area contributed by atoms with Gasteiger partial charge in [0.05, 0.1) is 19.3 Å². The van der Waals surface area contributed by atoms with Crippen LogP contribution in [0.15, 0.2) is 35.7 Å². The molecule has 0 radical (unpaired) electrons. The molecule has 5 nitrogen and oxygen atoms in total. The third-order valence-corrected chi connectivity index (χ3v) is 4.57. The van der Waals surface area contributed by atoms with E-state index in [0.29, 0.717) is 33.0 Å². The van der Waals surface area contributed by atoms with E-state index < -0.39 is 6.10 Å². The van der Waals surface area contributed by atoms with Crippen molar-refractivity contribution >= 4 is 11.3 Å². The van der Waals surface area contributed by atoms with Gasteiger partial charge in [0.15, 0.2) is 11.5 Å². The van der Waals surface area contributed by atoms with E-state index in [2.05, 4.69) is 4.90 Å². The molecule has 0 saturated carbocycles. The van der Waals surface area contributed by atoms with E-state index in [1.54, 1.807) is 11.3 Å². The standard InChI is InChI=1S/C18H23NO4S/c1-19(11-15(20)12-21-13-16-3-2-8-24-16)10-14-4-5-17-18(9-14)23-7-6-22-17/h2-5,8-9,15,20H,6-7,10-13H2,1H3. The number of nitrogens with zero attached hydrogens (tertiary/aromatic N) is 1. The zero-order valence-electron chi connectivity index (χ0n) is 13.8. The highest BCUT2D eigenvalue weighted by atomic mass is 32.1. The average molecular weight is 349 g/mol. The van der Waals surface area contributed by atoms with E-state index in [-0.39, 0.29) is 0 Å². The Kier molecular flexibility index (Phi) is 6.09. The summed E-state index contributed by atoms with van der Waals surface area (Å²) in [7, 11) is 1.99. The van der Waals surface area contributed by atoms with Crippen LogP contribution in [0.2, 0.25) is 0 Å². The first-order chi connectivity index (χ1) is 11.7. The van der Waals surface area contributed by atoms with Gasteiger partial charge in [-0.05, 0) is 36.2 Å². The monoisotopic (exact) mass is 349 g/mol. The van der Waals surface area contributed by atoms with Crippen molar-refractivity contribution in [1.82, 2.24) is 4.90 Å². The predicted octanol–water partition coefficient (Wildman–Crippen LogP) is 2.53. The van der Waals surface area contributed by atoms with E-state index in [1.165, 1.54) is 4.88 Å². The van der Waals surface area contributed by atoms with Crippen LogP contribution in [0.1, 0.15) is 10.4 Å². The highest BCUT2D eigenvalue weighted by Gasteiger charge is 2.14. The van der Waals surface area contributed by atoms with Crippen molar-refractivity contribution in [2.24, 2.45) is 0 Å². The van der Waals surface area contributed by atoms with E-state index in [9.17, 15) is 5.11 Å². The smallest absolute Gasteiger partial charge is 0.161 e. The lowest BCUT2D eigenvalue weighted by Crippen LogP contribution is -2.31. The fourth-order valence-electron chi connectivity index (χ4n) is 2.67. The minimum absolute atomic E-state index is 0.337. The van der Waals surface area contributed by atoms with Crippen molar-refractivity contribution in [3.05, 3.63) is 46.2 Å². The van der Waals surface area contributed by atoms with Crippen LogP contribution in [0.25, 0.3) is 0 Å². The molecule has 1 aliphatic rings. The van der Waals surface area contributed by atoms with Crippen LogP contribution in [0.5, 0.6) is 11.5 Å². The average Bonchev–Trinajstić information content (AvgIpc) is 3.08. The summed E-state index contributed by atoms with van der Waals surface area (Å²) in [5.41, 5.74) is 1.13. The molecule has 2 aromatic rings. The van der Waals surface area contributed by atoms with E-state index in [4.69, 9.17) is 14.2 Å². The first-order valence-electron chi connectivity index (χ1n) is 8.06. The molecule has 1 N–H and O–H groups in total. The van der Waals surface area contributed by atoms with Gasteiger partial charge in [-0.25, -0.2) is 0 Å². The zero-order chi connectivity index (χ0) is 16.8. The van der Waals surface area contributed by atoms with Crippen molar-refractivity contribution in [1.29, 1.82) is 0 Å². The molecule has 1 aromatic heterocycles. The summed E-state index contributed by atoms with van der Waals surface area (Å²) in [6, 6.07) is 10.0.